The first kappa shape index (κ1) is 17.5. The summed E-state index contributed by atoms with van der Waals surface area (Å²) in [5, 5.41) is 11.0. The third-order valence-corrected chi connectivity index (χ3v) is 3.99. The standard InChI is InChI=1S/C19H19N5O2/c1-2-3-8-19(23-24-19)9-13-22-18(25)17-16(5-4-10-21-17)26-14-15-6-11-20-12-7-15/h1,4-7,10-12H,3,8-9,13-14H2,(H,22,25). The zero-order valence-corrected chi connectivity index (χ0v) is 14.3. The Balaban J connectivity index is 1.53. The number of nitrogens with one attached hydrogen (secondary N) is 1. The first-order valence-electron chi connectivity index (χ1n) is 8.35. The van der Waals surface area contributed by atoms with Gasteiger partial charge in [-0.25, -0.2) is 4.98 Å². The van der Waals surface area contributed by atoms with E-state index in [9.17, 15) is 4.79 Å². The van der Waals surface area contributed by atoms with Crippen molar-refractivity contribution in [3.05, 3.63) is 54.1 Å². The first-order valence-corrected chi connectivity index (χ1v) is 8.35. The highest BCUT2D eigenvalue weighted by Crippen LogP contribution is 2.36. The molecule has 0 aliphatic carbocycles. The predicted octanol–water partition coefficient (Wildman–Crippen LogP) is 2.75. The van der Waals surface area contributed by atoms with Crippen LogP contribution in [0.15, 0.2) is 53.1 Å². The Hall–Kier alpha value is -3.27. The fraction of sp³-hybridized carbons (Fsp3) is 0.316. The molecule has 0 aromatic carbocycles. The number of amides is 1. The molecule has 2 aromatic heterocycles. The van der Waals surface area contributed by atoms with Gasteiger partial charge >= 0.3 is 0 Å². The lowest BCUT2D eigenvalue weighted by Crippen LogP contribution is -2.29. The van der Waals surface area contributed by atoms with Gasteiger partial charge < -0.3 is 10.1 Å². The summed E-state index contributed by atoms with van der Waals surface area (Å²) in [5.74, 6) is 2.73. The maximum atomic E-state index is 12.4. The molecule has 0 radical (unpaired) electrons. The van der Waals surface area contributed by atoms with Gasteiger partial charge in [0, 0.05) is 44.4 Å². The Labute approximate surface area is 151 Å². The van der Waals surface area contributed by atoms with E-state index in [0.29, 0.717) is 38.2 Å². The van der Waals surface area contributed by atoms with E-state index in [2.05, 4.69) is 31.4 Å². The lowest BCUT2D eigenvalue weighted by Gasteiger charge is -2.12. The lowest BCUT2D eigenvalue weighted by molar-refractivity contribution is 0.0942. The molecule has 0 saturated carbocycles. The molecule has 1 amide bonds. The molecule has 7 nitrogen and oxygen atoms in total. The van der Waals surface area contributed by atoms with Crippen LogP contribution in [0.1, 0.15) is 35.3 Å². The summed E-state index contributed by atoms with van der Waals surface area (Å²) in [6.45, 7) is 0.776. The number of hydrogen-bond donors (Lipinski definition) is 1. The van der Waals surface area contributed by atoms with Crippen LogP contribution in [0.2, 0.25) is 0 Å². The molecule has 0 fully saturated rings. The number of pyridine rings is 2. The summed E-state index contributed by atoms with van der Waals surface area (Å²) in [4.78, 5) is 20.6. The van der Waals surface area contributed by atoms with Crippen LogP contribution in [0.4, 0.5) is 0 Å². The summed E-state index contributed by atoms with van der Waals surface area (Å²) >= 11 is 0. The van der Waals surface area contributed by atoms with Crippen molar-refractivity contribution in [2.24, 2.45) is 10.2 Å². The molecular formula is C19H19N5O2. The van der Waals surface area contributed by atoms with Crippen LogP contribution in [0.25, 0.3) is 0 Å². The van der Waals surface area contributed by atoms with Gasteiger partial charge in [-0.05, 0) is 29.8 Å². The smallest absolute Gasteiger partial charge is 0.273 e. The molecule has 2 aromatic rings. The summed E-state index contributed by atoms with van der Waals surface area (Å²) in [7, 11) is 0. The highest BCUT2D eigenvalue weighted by atomic mass is 16.5. The van der Waals surface area contributed by atoms with E-state index >= 15 is 0 Å². The molecule has 0 atom stereocenters. The number of aromatic nitrogens is 2. The number of nitrogens with zero attached hydrogens (tertiary/aromatic N) is 4. The van der Waals surface area contributed by atoms with Crippen molar-refractivity contribution < 1.29 is 9.53 Å². The van der Waals surface area contributed by atoms with E-state index in [1.54, 1.807) is 30.7 Å². The van der Waals surface area contributed by atoms with Crippen molar-refractivity contribution in [2.45, 2.75) is 31.5 Å². The monoisotopic (exact) mass is 349 g/mol. The Morgan fingerprint density at radius 2 is 2.00 bits per heavy atom. The van der Waals surface area contributed by atoms with Crippen molar-refractivity contribution in [3.63, 3.8) is 0 Å². The number of carbonyl (C=O) groups is 1. The molecule has 1 aliphatic heterocycles. The highest BCUT2D eigenvalue weighted by molar-refractivity contribution is 5.94. The van der Waals surface area contributed by atoms with E-state index in [1.165, 1.54) is 0 Å². The van der Waals surface area contributed by atoms with Crippen LogP contribution < -0.4 is 10.1 Å². The SMILES string of the molecule is C#CCCC1(CCNC(=O)c2ncccc2OCc2ccncc2)N=N1. The van der Waals surface area contributed by atoms with Gasteiger partial charge in [0.05, 0.1) is 0 Å². The molecule has 0 bridgehead atoms. The second kappa shape index (κ2) is 8.21. The fourth-order valence-corrected chi connectivity index (χ4v) is 2.45. The Kier molecular flexibility index (Phi) is 5.54. The minimum Gasteiger partial charge on any atom is -0.486 e. The summed E-state index contributed by atoms with van der Waals surface area (Å²) in [6, 6.07) is 7.17. The van der Waals surface area contributed by atoms with Crippen molar-refractivity contribution >= 4 is 5.91 Å². The second-order valence-electron chi connectivity index (χ2n) is 5.89. The average Bonchev–Trinajstić information content (AvgIpc) is 3.46. The van der Waals surface area contributed by atoms with Gasteiger partial charge in [-0.3, -0.25) is 9.78 Å². The molecule has 0 unspecified atom stereocenters. The minimum absolute atomic E-state index is 0.254. The van der Waals surface area contributed by atoms with E-state index in [0.717, 1.165) is 5.56 Å². The van der Waals surface area contributed by atoms with Crippen LogP contribution >= 0.6 is 0 Å². The van der Waals surface area contributed by atoms with Gasteiger partial charge in [0.1, 0.15) is 6.61 Å². The van der Waals surface area contributed by atoms with Gasteiger partial charge in [0.25, 0.3) is 5.91 Å². The number of hydrogen-bond acceptors (Lipinski definition) is 6. The third kappa shape index (κ3) is 4.63. The maximum Gasteiger partial charge on any atom is 0.273 e. The zero-order chi connectivity index (χ0) is 18.2. The van der Waals surface area contributed by atoms with Crippen LogP contribution in [0.5, 0.6) is 5.75 Å². The van der Waals surface area contributed by atoms with E-state index in [1.807, 2.05) is 12.1 Å². The quantitative estimate of drug-likeness (QED) is 0.705. The van der Waals surface area contributed by atoms with Crippen molar-refractivity contribution in [3.8, 4) is 18.1 Å². The van der Waals surface area contributed by atoms with Crippen LogP contribution in [0, 0.1) is 12.3 Å². The number of carbonyl (C=O) groups excluding carboxylic acids is 1. The molecule has 7 heteroatoms. The zero-order valence-electron chi connectivity index (χ0n) is 14.3. The average molecular weight is 349 g/mol. The van der Waals surface area contributed by atoms with Crippen LogP contribution in [-0.2, 0) is 6.61 Å². The van der Waals surface area contributed by atoms with Gasteiger partial charge in [-0.2, -0.15) is 10.2 Å². The molecule has 132 valence electrons. The molecule has 3 rings (SSSR count). The summed E-state index contributed by atoms with van der Waals surface area (Å²) < 4.78 is 5.75. The lowest BCUT2D eigenvalue weighted by atomic mass is 10.0. The molecule has 26 heavy (non-hydrogen) atoms. The van der Waals surface area contributed by atoms with Gasteiger partial charge in [-0.1, -0.05) is 0 Å². The number of terminal acetylenes is 1. The molecule has 1 aliphatic rings. The van der Waals surface area contributed by atoms with E-state index in [-0.39, 0.29) is 11.6 Å². The van der Waals surface area contributed by atoms with Crippen LogP contribution in [0.3, 0.4) is 0 Å². The van der Waals surface area contributed by atoms with E-state index in [4.69, 9.17) is 11.2 Å². The van der Waals surface area contributed by atoms with Crippen LogP contribution in [-0.4, -0.2) is 28.1 Å². The Morgan fingerprint density at radius 1 is 1.19 bits per heavy atom. The number of ether oxygens (including phenoxy) is 1. The minimum atomic E-state index is -0.412. The van der Waals surface area contributed by atoms with E-state index < -0.39 is 5.66 Å². The van der Waals surface area contributed by atoms with Gasteiger partial charge in [0.2, 0.25) is 0 Å². The summed E-state index contributed by atoms with van der Waals surface area (Å²) in [5.41, 5.74) is 0.802. The Bertz CT molecular complexity index is 823. The molecule has 0 saturated heterocycles. The molecule has 3 heterocycles. The highest BCUT2D eigenvalue weighted by Gasteiger charge is 2.38. The summed E-state index contributed by atoms with van der Waals surface area (Å²) in [6.07, 6.45) is 12.2. The third-order valence-electron chi connectivity index (χ3n) is 3.99. The van der Waals surface area contributed by atoms with Crippen molar-refractivity contribution in [2.75, 3.05) is 6.54 Å². The topological polar surface area (TPSA) is 88.8 Å². The first-order chi connectivity index (χ1) is 12.7. The maximum absolute atomic E-state index is 12.4. The Morgan fingerprint density at radius 3 is 2.73 bits per heavy atom. The van der Waals surface area contributed by atoms with Gasteiger partial charge in [-0.15, -0.1) is 12.3 Å². The second-order valence-corrected chi connectivity index (χ2v) is 5.89. The normalized spacial score (nSPS) is 13.7. The largest absolute Gasteiger partial charge is 0.486 e. The molecular weight excluding hydrogens is 330 g/mol. The van der Waals surface area contributed by atoms with Crippen molar-refractivity contribution in [1.29, 1.82) is 0 Å². The predicted molar refractivity (Wildman–Crippen MR) is 95.4 cm³/mol. The number of rotatable bonds is 9. The van der Waals surface area contributed by atoms with Gasteiger partial charge in [0.15, 0.2) is 17.1 Å². The van der Waals surface area contributed by atoms with Crippen molar-refractivity contribution in [1.82, 2.24) is 15.3 Å². The fourth-order valence-electron chi connectivity index (χ4n) is 2.45. The molecule has 1 N–H and O–H groups in total. The molecule has 0 spiro atoms.